The van der Waals surface area contributed by atoms with Gasteiger partial charge in [-0.2, -0.15) is 0 Å². The Morgan fingerprint density at radius 1 is 1.21 bits per heavy atom. The van der Waals surface area contributed by atoms with Crippen LogP contribution in [0.4, 0.5) is 0 Å². The third-order valence-corrected chi connectivity index (χ3v) is 5.18. The third kappa shape index (κ3) is 3.90. The maximum absolute atomic E-state index is 12.7. The second-order valence-electron chi connectivity index (χ2n) is 6.53. The summed E-state index contributed by atoms with van der Waals surface area (Å²) in [5.74, 6) is 0.621. The van der Waals surface area contributed by atoms with Gasteiger partial charge in [-0.25, -0.2) is 0 Å². The van der Waals surface area contributed by atoms with Crippen LogP contribution in [0.3, 0.4) is 0 Å². The molecule has 2 unspecified atom stereocenters. The topological polar surface area (TPSA) is 52.7 Å². The van der Waals surface area contributed by atoms with Crippen molar-refractivity contribution in [3.63, 3.8) is 0 Å². The van der Waals surface area contributed by atoms with Crippen molar-refractivity contribution in [3.8, 4) is 0 Å². The summed E-state index contributed by atoms with van der Waals surface area (Å²) in [6, 6.07) is 7.79. The zero-order chi connectivity index (χ0) is 17.1. The maximum atomic E-state index is 12.7. The van der Waals surface area contributed by atoms with Crippen LogP contribution in [0.1, 0.15) is 24.8 Å². The van der Waals surface area contributed by atoms with E-state index in [1.807, 2.05) is 36.1 Å². The zero-order valence-electron chi connectivity index (χ0n) is 14.0. The molecule has 0 bridgehead atoms. The number of nitrogens with one attached hydrogen (secondary N) is 1. The van der Waals surface area contributed by atoms with E-state index in [2.05, 4.69) is 10.2 Å². The number of carbonyl (C=O) groups is 2. The smallest absolute Gasteiger partial charge is 0.234 e. The fraction of sp³-hybridized carbons (Fsp3) is 0.556. The van der Waals surface area contributed by atoms with E-state index < -0.39 is 0 Å². The van der Waals surface area contributed by atoms with Crippen molar-refractivity contribution in [1.29, 1.82) is 0 Å². The lowest BCUT2D eigenvalue weighted by Crippen LogP contribution is -2.51. The van der Waals surface area contributed by atoms with Crippen molar-refractivity contribution in [2.75, 3.05) is 39.3 Å². The molecule has 24 heavy (non-hydrogen) atoms. The molecule has 0 aromatic heterocycles. The average Bonchev–Trinajstić information content (AvgIpc) is 3.36. The van der Waals surface area contributed by atoms with Gasteiger partial charge in [0.1, 0.15) is 0 Å². The Kier molecular flexibility index (Phi) is 5.41. The van der Waals surface area contributed by atoms with E-state index >= 15 is 0 Å². The molecular weight excluding hydrogens is 326 g/mol. The Morgan fingerprint density at radius 3 is 2.58 bits per heavy atom. The molecule has 2 fully saturated rings. The van der Waals surface area contributed by atoms with Crippen LogP contribution in [0.2, 0.25) is 5.02 Å². The Labute approximate surface area is 147 Å². The predicted octanol–water partition coefficient (Wildman–Crippen LogP) is 1.72. The lowest BCUT2D eigenvalue weighted by atomic mass is 10.1. The van der Waals surface area contributed by atoms with Gasteiger partial charge < -0.3 is 10.2 Å². The Bertz CT molecular complexity index is 614. The van der Waals surface area contributed by atoms with Crippen LogP contribution in [0.25, 0.3) is 0 Å². The summed E-state index contributed by atoms with van der Waals surface area (Å²) in [4.78, 5) is 28.3. The Morgan fingerprint density at radius 2 is 1.92 bits per heavy atom. The molecule has 1 aliphatic heterocycles. The molecule has 2 amide bonds. The van der Waals surface area contributed by atoms with Crippen molar-refractivity contribution < 1.29 is 9.59 Å². The van der Waals surface area contributed by atoms with Crippen LogP contribution in [-0.2, 0) is 9.59 Å². The van der Waals surface area contributed by atoms with E-state index in [4.69, 9.17) is 11.6 Å². The van der Waals surface area contributed by atoms with Gasteiger partial charge in [0.2, 0.25) is 11.8 Å². The summed E-state index contributed by atoms with van der Waals surface area (Å²) in [7, 11) is 0. The number of halogens is 1. The number of carbonyl (C=O) groups excluding carboxylic acids is 2. The van der Waals surface area contributed by atoms with Crippen molar-refractivity contribution >= 4 is 23.4 Å². The lowest BCUT2D eigenvalue weighted by Gasteiger charge is -2.34. The van der Waals surface area contributed by atoms with Crippen LogP contribution >= 0.6 is 11.6 Å². The predicted molar refractivity (Wildman–Crippen MR) is 94.0 cm³/mol. The molecule has 2 aliphatic rings. The molecular formula is C18H24ClN3O2. The first-order chi connectivity index (χ1) is 11.6. The van der Waals surface area contributed by atoms with E-state index in [1.54, 1.807) is 0 Å². The van der Waals surface area contributed by atoms with Crippen molar-refractivity contribution in [2.45, 2.75) is 19.3 Å². The van der Waals surface area contributed by atoms with Crippen molar-refractivity contribution in [1.82, 2.24) is 15.1 Å². The van der Waals surface area contributed by atoms with Gasteiger partial charge in [-0.05, 0) is 30.9 Å². The highest BCUT2D eigenvalue weighted by molar-refractivity contribution is 6.31. The van der Waals surface area contributed by atoms with Gasteiger partial charge in [-0.15, -0.1) is 0 Å². The molecule has 1 saturated heterocycles. The number of amides is 2. The van der Waals surface area contributed by atoms with Crippen LogP contribution < -0.4 is 5.32 Å². The highest BCUT2D eigenvalue weighted by Gasteiger charge is 2.46. The van der Waals surface area contributed by atoms with Gasteiger partial charge >= 0.3 is 0 Å². The second-order valence-corrected chi connectivity index (χ2v) is 6.93. The molecule has 1 aliphatic carbocycles. The molecule has 0 radical (unpaired) electrons. The van der Waals surface area contributed by atoms with Crippen LogP contribution in [0, 0.1) is 5.92 Å². The highest BCUT2D eigenvalue weighted by atomic mass is 35.5. The van der Waals surface area contributed by atoms with E-state index in [-0.39, 0.29) is 23.7 Å². The fourth-order valence-corrected chi connectivity index (χ4v) is 3.68. The molecule has 2 atom stereocenters. The summed E-state index contributed by atoms with van der Waals surface area (Å²) >= 11 is 6.24. The van der Waals surface area contributed by atoms with E-state index in [0.717, 1.165) is 30.1 Å². The highest BCUT2D eigenvalue weighted by Crippen LogP contribution is 2.50. The molecule has 130 valence electrons. The molecule has 0 spiro atoms. The zero-order valence-corrected chi connectivity index (χ0v) is 14.8. The minimum atomic E-state index is 0.0539. The molecule has 1 aromatic rings. The number of nitrogens with zero attached hydrogens (tertiary/aromatic N) is 2. The lowest BCUT2D eigenvalue weighted by molar-refractivity contribution is -0.134. The number of benzene rings is 1. The summed E-state index contributed by atoms with van der Waals surface area (Å²) in [6.45, 7) is 5.90. The first kappa shape index (κ1) is 17.2. The number of likely N-dealkylation sites (N-methyl/N-ethyl adjacent to an activating group) is 1. The molecule has 1 saturated carbocycles. The van der Waals surface area contributed by atoms with E-state index in [0.29, 0.717) is 26.2 Å². The first-order valence-electron chi connectivity index (χ1n) is 8.62. The minimum absolute atomic E-state index is 0.0539. The molecule has 1 heterocycles. The largest absolute Gasteiger partial charge is 0.355 e. The first-order valence-corrected chi connectivity index (χ1v) is 9.00. The summed E-state index contributed by atoms with van der Waals surface area (Å²) in [5.41, 5.74) is 1.09. The fourth-order valence-electron chi connectivity index (χ4n) is 3.40. The number of rotatable bonds is 5. The van der Waals surface area contributed by atoms with E-state index in [1.165, 1.54) is 0 Å². The molecule has 1 aromatic carbocycles. The summed E-state index contributed by atoms with van der Waals surface area (Å²) < 4.78 is 0. The standard InChI is InChI=1S/C18H24ClN3O2/c1-2-20-17(23)12-21-7-9-22(10-8-21)18(24)15-11-14(15)13-5-3-4-6-16(13)19/h3-6,14-15H,2,7-12H2,1H3,(H,20,23). The van der Waals surface area contributed by atoms with Gasteiger partial charge in [-0.3, -0.25) is 14.5 Å². The monoisotopic (exact) mass is 349 g/mol. The molecule has 5 nitrogen and oxygen atoms in total. The minimum Gasteiger partial charge on any atom is -0.355 e. The van der Waals surface area contributed by atoms with Crippen LogP contribution in [0.15, 0.2) is 24.3 Å². The second kappa shape index (κ2) is 7.53. The summed E-state index contributed by atoms with van der Waals surface area (Å²) in [5, 5.41) is 3.56. The van der Waals surface area contributed by atoms with Crippen LogP contribution in [0.5, 0.6) is 0 Å². The normalized spacial score (nSPS) is 23.8. The SMILES string of the molecule is CCNC(=O)CN1CCN(C(=O)C2CC2c2ccccc2Cl)CC1. The number of piperazine rings is 1. The summed E-state index contributed by atoms with van der Waals surface area (Å²) in [6.07, 6.45) is 0.891. The van der Waals surface area contributed by atoms with Gasteiger partial charge in [0.15, 0.2) is 0 Å². The van der Waals surface area contributed by atoms with Crippen molar-refractivity contribution in [2.24, 2.45) is 5.92 Å². The number of hydrogen-bond donors (Lipinski definition) is 1. The van der Waals surface area contributed by atoms with Gasteiger partial charge in [-0.1, -0.05) is 29.8 Å². The molecule has 1 N–H and O–H groups in total. The third-order valence-electron chi connectivity index (χ3n) is 4.84. The average molecular weight is 350 g/mol. The van der Waals surface area contributed by atoms with Gasteiger partial charge in [0.25, 0.3) is 0 Å². The van der Waals surface area contributed by atoms with Crippen LogP contribution in [-0.4, -0.2) is 60.9 Å². The van der Waals surface area contributed by atoms with Crippen molar-refractivity contribution in [3.05, 3.63) is 34.9 Å². The maximum Gasteiger partial charge on any atom is 0.234 e. The Balaban J connectivity index is 1.48. The molecule has 6 heteroatoms. The number of hydrogen-bond acceptors (Lipinski definition) is 3. The Hall–Kier alpha value is -1.59. The quantitative estimate of drug-likeness (QED) is 0.880. The molecule has 3 rings (SSSR count). The van der Waals surface area contributed by atoms with Gasteiger partial charge in [0, 0.05) is 43.7 Å². The van der Waals surface area contributed by atoms with Gasteiger partial charge in [0.05, 0.1) is 6.54 Å². The van der Waals surface area contributed by atoms with E-state index in [9.17, 15) is 9.59 Å².